The molecule has 1 unspecified atom stereocenters. The molecule has 0 radical (unpaired) electrons. The molecule has 3 rings (SSSR count). The molecule has 1 aliphatic heterocycles. The van der Waals surface area contributed by atoms with Crippen LogP contribution in [-0.4, -0.2) is 30.8 Å². The summed E-state index contributed by atoms with van der Waals surface area (Å²) in [6, 6.07) is 15.3. The number of carbonyl (C=O) groups is 2. The lowest BCUT2D eigenvalue weighted by Crippen LogP contribution is -2.35. The molecule has 0 aliphatic carbocycles. The van der Waals surface area contributed by atoms with E-state index in [1.807, 2.05) is 54.3 Å². The fourth-order valence-electron chi connectivity index (χ4n) is 2.85. The average Bonchev–Trinajstić information content (AvgIpc) is 3.04. The molecule has 0 N–H and O–H groups in total. The molecule has 0 saturated carbocycles. The number of anilines is 1. The van der Waals surface area contributed by atoms with E-state index in [9.17, 15) is 9.59 Å². The van der Waals surface area contributed by atoms with E-state index < -0.39 is 0 Å². The van der Waals surface area contributed by atoms with E-state index in [0.29, 0.717) is 12.1 Å². The Kier molecular flexibility index (Phi) is 4.90. The summed E-state index contributed by atoms with van der Waals surface area (Å²) in [5, 5.41) is -0.168. The molecule has 124 valence electrons. The van der Waals surface area contributed by atoms with Gasteiger partial charge in [0.15, 0.2) is 0 Å². The van der Waals surface area contributed by atoms with Gasteiger partial charge >= 0.3 is 5.97 Å². The molecule has 0 bridgehead atoms. The number of benzene rings is 2. The Balaban J connectivity index is 1.75. The van der Waals surface area contributed by atoms with Crippen molar-refractivity contribution in [3.8, 4) is 0 Å². The van der Waals surface area contributed by atoms with E-state index >= 15 is 0 Å². The van der Waals surface area contributed by atoms with Gasteiger partial charge in [0, 0.05) is 17.1 Å². The van der Waals surface area contributed by atoms with E-state index in [2.05, 4.69) is 0 Å². The lowest BCUT2D eigenvalue weighted by atomic mass is 10.1. The van der Waals surface area contributed by atoms with Crippen LogP contribution in [0, 0.1) is 0 Å². The smallest absolute Gasteiger partial charge is 0.337 e. The molecule has 1 heterocycles. The Labute approximate surface area is 145 Å². The minimum atomic E-state index is -0.351. The highest BCUT2D eigenvalue weighted by molar-refractivity contribution is 8.00. The van der Waals surface area contributed by atoms with Gasteiger partial charge in [0.05, 0.1) is 17.9 Å². The van der Waals surface area contributed by atoms with Crippen LogP contribution in [0.4, 0.5) is 5.69 Å². The Hall–Kier alpha value is -2.27. The summed E-state index contributed by atoms with van der Waals surface area (Å²) in [4.78, 5) is 27.3. The number of amides is 1. The fourth-order valence-corrected chi connectivity index (χ4v) is 3.80. The predicted molar refractivity (Wildman–Crippen MR) is 95.6 cm³/mol. The van der Waals surface area contributed by atoms with Crippen LogP contribution in [0.15, 0.2) is 53.4 Å². The first-order valence-corrected chi connectivity index (χ1v) is 8.72. The Morgan fingerprint density at radius 3 is 2.62 bits per heavy atom. The number of rotatable bonds is 4. The van der Waals surface area contributed by atoms with Gasteiger partial charge in [0.25, 0.3) is 0 Å². The van der Waals surface area contributed by atoms with E-state index in [1.165, 1.54) is 7.11 Å². The van der Waals surface area contributed by atoms with Crippen LogP contribution < -0.4 is 4.90 Å². The third kappa shape index (κ3) is 3.31. The summed E-state index contributed by atoms with van der Waals surface area (Å²) in [6.07, 6.45) is 0.759. The summed E-state index contributed by atoms with van der Waals surface area (Å²) in [6.45, 7) is 2.58. The zero-order valence-electron chi connectivity index (χ0n) is 13.7. The van der Waals surface area contributed by atoms with E-state index in [0.717, 1.165) is 22.6 Å². The van der Waals surface area contributed by atoms with Crippen LogP contribution in [0.25, 0.3) is 0 Å². The molecule has 0 saturated heterocycles. The van der Waals surface area contributed by atoms with Gasteiger partial charge in [-0.1, -0.05) is 18.2 Å². The van der Waals surface area contributed by atoms with Crippen LogP contribution in [0.3, 0.4) is 0 Å². The number of hydrogen-bond donors (Lipinski definition) is 0. The monoisotopic (exact) mass is 341 g/mol. The second-order valence-electron chi connectivity index (χ2n) is 5.65. The van der Waals surface area contributed by atoms with Gasteiger partial charge in [0.2, 0.25) is 5.91 Å². The number of thioether (sulfide) groups is 1. The SMILES string of the molecule is COC(=O)c1ccc2c(c1)CCN2C(=O)C(C)Sc1ccccc1. The van der Waals surface area contributed by atoms with Gasteiger partial charge in [-0.25, -0.2) is 4.79 Å². The van der Waals surface area contributed by atoms with Crippen LogP contribution in [0.1, 0.15) is 22.8 Å². The minimum absolute atomic E-state index is 0.0911. The number of nitrogens with zero attached hydrogens (tertiary/aromatic N) is 1. The molecular weight excluding hydrogens is 322 g/mol. The first-order chi connectivity index (χ1) is 11.6. The molecule has 0 aromatic heterocycles. The van der Waals surface area contributed by atoms with Crippen molar-refractivity contribution in [2.75, 3.05) is 18.6 Å². The normalized spacial score (nSPS) is 14.2. The van der Waals surface area contributed by atoms with Gasteiger partial charge in [-0.15, -0.1) is 11.8 Å². The van der Waals surface area contributed by atoms with E-state index in [1.54, 1.807) is 17.8 Å². The average molecular weight is 341 g/mol. The molecule has 5 heteroatoms. The standard InChI is InChI=1S/C19H19NO3S/c1-13(24-16-6-4-3-5-7-16)18(21)20-11-10-14-12-15(19(22)23-2)8-9-17(14)20/h3-9,12-13H,10-11H2,1-2H3. The number of carbonyl (C=O) groups excluding carboxylic acids is 2. The van der Waals surface area contributed by atoms with Gasteiger partial charge in [0.1, 0.15) is 0 Å². The predicted octanol–water partition coefficient (Wildman–Crippen LogP) is 3.54. The first-order valence-electron chi connectivity index (χ1n) is 7.84. The van der Waals surface area contributed by atoms with E-state index in [-0.39, 0.29) is 17.1 Å². The number of ether oxygens (including phenoxy) is 1. The molecule has 1 atom stereocenters. The second-order valence-corrected chi connectivity index (χ2v) is 7.06. The molecule has 24 heavy (non-hydrogen) atoms. The molecule has 1 aliphatic rings. The van der Waals surface area contributed by atoms with Gasteiger partial charge in [-0.2, -0.15) is 0 Å². The maximum Gasteiger partial charge on any atom is 0.337 e. The van der Waals surface area contributed by atoms with Crippen LogP contribution in [-0.2, 0) is 16.0 Å². The number of methoxy groups -OCH3 is 1. The Bertz CT molecular complexity index is 760. The van der Waals surface area contributed by atoms with E-state index in [4.69, 9.17) is 4.74 Å². The molecule has 2 aromatic rings. The summed E-state index contributed by atoms with van der Waals surface area (Å²) in [5.74, 6) is -0.260. The minimum Gasteiger partial charge on any atom is -0.465 e. The quantitative estimate of drug-likeness (QED) is 0.630. The van der Waals surface area contributed by atoms with Gasteiger partial charge in [-0.05, 0) is 49.2 Å². The van der Waals surface area contributed by atoms with Crippen molar-refractivity contribution in [1.29, 1.82) is 0 Å². The maximum absolute atomic E-state index is 12.8. The zero-order chi connectivity index (χ0) is 17.1. The van der Waals surface area contributed by atoms with Crippen molar-refractivity contribution >= 4 is 29.3 Å². The van der Waals surface area contributed by atoms with Crippen molar-refractivity contribution in [1.82, 2.24) is 0 Å². The summed E-state index contributed by atoms with van der Waals surface area (Å²) >= 11 is 1.56. The highest BCUT2D eigenvalue weighted by Crippen LogP contribution is 2.32. The topological polar surface area (TPSA) is 46.6 Å². The van der Waals surface area contributed by atoms with Gasteiger partial charge < -0.3 is 9.64 Å². The Morgan fingerprint density at radius 1 is 1.17 bits per heavy atom. The molecular formula is C19H19NO3S. The first kappa shape index (κ1) is 16.6. The second kappa shape index (κ2) is 7.09. The number of fused-ring (bicyclic) bond motifs is 1. The third-order valence-electron chi connectivity index (χ3n) is 4.07. The molecule has 1 amide bonds. The molecule has 2 aromatic carbocycles. The molecule has 0 fully saturated rings. The molecule has 4 nitrogen and oxygen atoms in total. The van der Waals surface area contributed by atoms with Crippen molar-refractivity contribution in [2.45, 2.75) is 23.5 Å². The van der Waals surface area contributed by atoms with Crippen LogP contribution in [0.2, 0.25) is 0 Å². The largest absolute Gasteiger partial charge is 0.465 e. The maximum atomic E-state index is 12.8. The van der Waals surface area contributed by atoms with Crippen molar-refractivity contribution in [2.24, 2.45) is 0 Å². The lowest BCUT2D eigenvalue weighted by molar-refractivity contribution is -0.117. The Morgan fingerprint density at radius 2 is 1.92 bits per heavy atom. The van der Waals surface area contributed by atoms with Crippen molar-refractivity contribution in [3.63, 3.8) is 0 Å². The lowest BCUT2D eigenvalue weighted by Gasteiger charge is -2.21. The highest BCUT2D eigenvalue weighted by atomic mass is 32.2. The molecule has 0 spiro atoms. The van der Waals surface area contributed by atoms with Crippen LogP contribution in [0.5, 0.6) is 0 Å². The summed E-state index contributed by atoms with van der Waals surface area (Å²) in [5.41, 5.74) is 2.44. The summed E-state index contributed by atoms with van der Waals surface area (Å²) < 4.78 is 4.75. The van der Waals surface area contributed by atoms with Crippen molar-refractivity contribution < 1.29 is 14.3 Å². The third-order valence-corrected chi connectivity index (χ3v) is 5.17. The van der Waals surface area contributed by atoms with Crippen molar-refractivity contribution in [3.05, 3.63) is 59.7 Å². The fraction of sp³-hybridized carbons (Fsp3) is 0.263. The highest BCUT2D eigenvalue weighted by Gasteiger charge is 2.29. The number of hydrogen-bond acceptors (Lipinski definition) is 4. The van der Waals surface area contributed by atoms with Crippen LogP contribution >= 0.6 is 11.8 Å². The van der Waals surface area contributed by atoms with Gasteiger partial charge in [-0.3, -0.25) is 4.79 Å². The zero-order valence-corrected chi connectivity index (χ0v) is 14.5. The summed E-state index contributed by atoms with van der Waals surface area (Å²) in [7, 11) is 1.37. The number of esters is 1.